The van der Waals surface area contributed by atoms with Gasteiger partial charge >= 0.3 is 0 Å². The number of nitro groups is 1. The molecular formula is C21H17N5O5. The van der Waals surface area contributed by atoms with Crippen molar-refractivity contribution in [2.24, 2.45) is 0 Å². The first-order valence-corrected chi connectivity index (χ1v) is 9.16. The summed E-state index contributed by atoms with van der Waals surface area (Å²) in [7, 11) is 0. The zero-order valence-electron chi connectivity index (χ0n) is 16.1. The fraction of sp³-hybridized carbons (Fsp3) is 0.0952. The first kappa shape index (κ1) is 21.2. The second-order valence-electron chi connectivity index (χ2n) is 6.35. The van der Waals surface area contributed by atoms with Crippen molar-refractivity contribution in [1.82, 2.24) is 20.6 Å². The minimum atomic E-state index is -1.08. The van der Waals surface area contributed by atoms with Crippen LogP contribution in [-0.2, 0) is 4.79 Å². The van der Waals surface area contributed by atoms with Crippen LogP contribution in [0.2, 0.25) is 0 Å². The average Bonchev–Trinajstić information content (AvgIpc) is 2.79. The van der Waals surface area contributed by atoms with Crippen LogP contribution in [0, 0.1) is 10.1 Å². The monoisotopic (exact) mass is 419 g/mol. The molecule has 0 bridgehead atoms. The Labute approximate surface area is 176 Å². The summed E-state index contributed by atoms with van der Waals surface area (Å²) in [4.78, 5) is 55.9. The van der Waals surface area contributed by atoms with Crippen molar-refractivity contribution in [3.05, 3.63) is 100 Å². The van der Waals surface area contributed by atoms with Crippen LogP contribution in [0.4, 0.5) is 5.69 Å². The highest BCUT2D eigenvalue weighted by atomic mass is 16.6. The highest BCUT2D eigenvalue weighted by Crippen LogP contribution is 2.27. The fourth-order valence-corrected chi connectivity index (χ4v) is 2.84. The van der Waals surface area contributed by atoms with Crippen molar-refractivity contribution in [1.29, 1.82) is 0 Å². The van der Waals surface area contributed by atoms with Crippen LogP contribution in [0.25, 0.3) is 0 Å². The van der Waals surface area contributed by atoms with Gasteiger partial charge in [0.05, 0.1) is 22.9 Å². The van der Waals surface area contributed by atoms with Gasteiger partial charge in [-0.1, -0.05) is 30.3 Å². The van der Waals surface area contributed by atoms with E-state index in [-0.39, 0.29) is 22.6 Å². The standard InChI is InChI=1S/C21H17N5O5/c27-19(25-21(29)16-9-4-6-12-23-16)13-17(14-7-1-2-10-18(14)26(30)31)24-20(28)15-8-3-5-11-22-15/h1-12,17H,13H2,(H,24,28)(H,25,27,29). The Balaban J connectivity index is 1.83. The smallest absolute Gasteiger partial charge is 0.276 e. The number of hydrogen-bond acceptors (Lipinski definition) is 7. The summed E-state index contributed by atoms with van der Waals surface area (Å²) in [6.07, 6.45) is 2.41. The lowest BCUT2D eigenvalue weighted by Crippen LogP contribution is -2.37. The average molecular weight is 419 g/mol. The maximum atomic E-state index is 12.6. The van der Waals surface area contributed by atoms with Gasteiger partial charge in [-0.05, 0) is 24.3 Å². The lowest BCUT2D eigenvalue weighted by molar-refractivity contribution is -0.385. The Morgan fingerprint density at radius 2 is 1.45 bits per heavy atom. The first-order chi connectivity index (χ1) is 15.0. The maximum absolute atomic E-state index is 12.6. The summed E-state index contributed by atoms with van der Waals surface area (Å²) in [6, 6.07) is 14.0. The van der Waals surface area contributed by atoms with Crippen molar-refractivity contribution in [3.63, 3.8) is 0 Å². The SMILES string of the molecule is O=C(CC(NC(=O)c1ccccn1)c1ccccc1[N+](=O)[O-])NC(=O)c1ccccn1. The van der Waals surface area contributed by atoms with Crippen LogP contribution in [0.3, 0.4) is 0 Å². The van der Waals surface area contributed by atoms with E-state index >= 15 is 0 Å². The van der Waals surface area contributed by atoms with E-state index in [9.17, 15) is 24.5 Å². The number of aromatic nitrogens is 2. The van der Waals surface area contributed by atoms with Crippen molar-refractivity contribution < 1.29 is 19.3 Å². The molecule has 0 aliphatic rings. The lowest BCUT2D eigenvalue weighted by atomic mass is 10.0. The molecule has 2 aromatic heterocycles. The normalized spacial score (nSPS) is 11.2. The summed E-state index contributed by atoms with van der Waals surface area (Å²) in [5, 5.41) is 16.2. The van der Waals surface area contributed by atoms with E-state index in [1.54, 1.807) is 30.3 Å². The van der Waals surface area contributed by atoms with Gasteiger partial charge in [-0.3, -0.25) is 39.8 Å². The lowest BCUT2D eigenvalue weighted by Gasteiger charge is -2.18. The van der Waals surface area contributed by atoms with Gasteiger partial charge in [-0.15, -0.1) is 0 Å². The van der Waals surface area contributed by atoms with Crippen molar-refractivity contribution in [2.75, 3.05) is 0 Å². The van der Waals surface area contributed by atoms with Gasteiger partial charge in [0.1, 0.15) is 11.4 Å². The molecule has 0 spiro atoms. The predicted molar refractivity (Wildman–Crippen MR) is 109 cm³/mol. The van der Waals surface area contributed by atoms with Crippen LogP contribution in [0.5, 0.6) is 0 Å². The molecule has 0 saturated heterocycles. The number of pyridine rings is 2. The molecular weight excluding hydrogens is 402 g/mol. The number of nitrogens with zero attached hydrogens (tertiary/aromatic N) is 3. The van der Waals surface area contributed by atoms with Crippen LogP contribution in [-0.4, -0.2) is 32.6 Å². The molecule has 1 aromatic carbocycles. The molecule has 3 amide bonds. The summed E-state index contributed by atoms with van der Waals surface area (Å²) in [5.41, 5.74) is -0.0263. The Kier molecular flexibility index (Phi) is 6.74. The van der Waals surface area contributed by atoms with Gasteiger partial charge in [-0.25, -0.2) is 0 Å². The van der Waals surface area contributed by atoms with E-state index in [0.717, 1.165) is 0 Å². The Morgan fingerprint density at radius 1 is 0.871 bits per heavy atom. The van der Waals surface area contributed by atoms with Gasteiger partial charge in [-0.2, -0.15) is 0 Å². The molecule has 0 radical (unpaired) electrons. The number of imide groups is 1. The zero-order chi connectivity index (χ0) is 22.2. The van der Waals surface area contributed by atoms with Gasteiger partial charge in [0.15, 0.2) is 0 Å². The molecule has 0 aliphatic carbocycles. The largest absolute Gasteiger partial charge is 0.343 e. The van der Waals surface area contributed by atoms with Crippen molar-refractivity contribution in [2.45, 2.75) is 12.5 Å². The minimum Gasteiger partial charge on any atom is -0.343 e. The molecule has 0 fully saturated rings. The summed E-state index contributed by atoms with van der Waals surface area (Å²) >= 11 is 0. The van der Waals surface area contributed by atoms with E-state index in [1.165, 1.54) is 42.7 Å². The van der Waals surface area contributed by atoms with E-state index in [4.69, 9.17) is 0 Å². The quantitative estimate of drug-likeness (QED) is 0.441. The van der Waals surface area contributed by atoms with E-state index < -0.39 is 35.1 Å². The number of carbonyl (C=O) groups is 3. The maximum Gasteiger partial charge on any atom is 0.276 e. The van der Waals surface area contributed by atoms with E-state index in [0.29, 0.717) is 0 Å². The number of rotatable bonds is 7. The Bertz CT molecular complexity index is 1110. The number of nitrogens with one attached hydrogen (secondary N) is 2. The highest BCUT2D eigenvalue weighted by Gasteiger charge is 2.27. The first-order valence-electron chi connectivity index (χ1n) is 9.16. The third-order valence-electron chi connectivity index (χ3n) is 4.25. The van der Waals surface area contributed by atoms with Crippen LogP contribution in [0.1, 0.15) is 39.0 Å². The molecule has 1 unspecified atom stereocenters. The third kappa shape index (κ3) is 5.54. The Morgan fingerprint density at radius 3 is 2.03 bits per heavy atom. The zero-order valence-corrected chi connectivity index (χ0v) is 16.1. The summed E-state index contributed by atoms with van der Waals surface area (Å²) in [5.74, 6) is -2.07. The van der Waals surface area contributed by atoms with Gasteiger partial charge in [0, 0.05) is 18.5 Å². The number of hydrogen-bond donors (Lipinski definition) is 2. The molecule has 0 saturated carbocycles. The molecule has 3 rings (SSSR count). The summed E-state index contributed by atoms with van der Waals surface area (Å²) < 4.78 is 0. The highest BCUT2D eigenvalue weighted by molar-refractivity contribution is 6.03. The van der Waals surface area contributed by atoms with Crippen LogP contribution < -0.4 is 10.6 Å². The number of amides is 3. The fourth-order valence-electron chi connectivity index (χ4n) is 2.84. The molecule has 2 heterocycles. The number of benzene rings is 1. The predicted octanol–water partition coefficient (Wildman–Crippen LogP) is 2.20. The molecule has 3 aromatic rings. The van der Waals surface area contributed by atoms with E-state index in [1.807, 2.05) is 0 Å². The number of carbonyl (C=O) groups excluding carboxylic acids is 3. The summed E-state index contributed by atoms with van der Waals surface area (Å²) in [6.45, 7) is 0. The van der Waals surface area contributed by atoms with Crippen molar-refractivity contribution >= 4 is 23.4 Å². The van der Waals surface area contributed by atoms with Crippen molar-refractivity contribution in [3.8, 4) is 0 Å². The molecule has 10 nitrogen and oxygen atoms in total. The molecule has 0 aliphatic heterocycles. The third-order valence-corrected chi connectivity index (χ3v) is 4.25. The van der Waals surface area contributed by atoms with Gasteiger partial charge in [0.25, 0.3) is 17.5 Å². The second-order valence-corrected chi connectivity index (χ2v) is 6.35. The second kappa shape index (κ2) is 9.83. The van der Waals surface area contributed by atoms with Gasteiger partial charge < -0.3 is 5.32 Å². The Hall–Kier alpha value is -4.47. The van der Waals surface area contributed by atoms with Crippen LogP contribution in [0.15, 0.2) is 73.1 Å². The molecule has 10 heteroatoms. The van der Waals surface area contributed by atoms with Crippen LogP contribution >= 0.6 is 0 Å². The topological polar surface area (TPSA) is 144 Å². The number of para-hydroxylation sites is 1. The molecule has 31 heavy (non-hydrogen) atoms. The molecule has 2 N–H and O–H groups in total. The molecule has 1 atom stereocenters. The molecule has 156 valence electrons. The minimum absolute atomic E-state index is 0.0376. The van der Waals surface area contributed by atoms with E-state index in [2.05, 4.69) is 20.6 Å². The van der Waals surface area contributed by atoms with Gasteiger partial charge in [0.2, 0.25) is 5.91 Å². The number of nitro benzene ring substituents is 1.